The first-order valence-corrected chi connectivity index (χ1v) is 9.77. The van der Waals surface area contributed by atoms with Crippen LogP contribution in [0.15, 0.2) is 18.5 Å². The number of halogens is 1. The molecule has 2 aliphatic heterocycles. The van der Waals surface area contributed by atoms with Gasteiger partial charge in [-0.25, -0.2) is 15.0 Å². The van der Waals surface area contributed by atoms with Crippen LogP contribution in [0.1, 0.15) is 6.42 Å². The molecule has 0 aromatic carbocycles. The van der Waals surface area contributed by atoms with Crippen LogP contribution in [0.25, 0.3) is 11.0 Å². The van der Waals surface area contributed by atoms with Gasteiger partial charge < -0.3 is 14.4 Å². The fraction of sp³-hybridized carbons (Fsp3) is 0.467. The van der Waals surface area contributed by atoms with Crippen molar-refractivity contribution in [2.45, 2.75) is 6.42 Å². The Balaban J connectivity index is 1.79. The number of anilines is 2. The van der Waals surface area contributed by atoms with Crippen molar-refractivity contribution in [3.05, 3.63) is 23.8 Å². The van der Waals surface area contributed by atoms with Gasteiger partial charge in [-0.3, -0.25) is 0 Å². The minimum Gasteiger partial charge on any atom is -0.616 e. The fourth-order valence-corrected chi connectivity index (χ4v) is 4.25. The van der Waals surface area contributed by atoms with E-state index >= 15 is 0 Å². The Hall–Kier alpha value is -1.64. The van der Waals surface area contributed by atoms with E-state index in [1.165, 1.54) is 0 Å². The zero-order valence-corrected chi connectivity index (χ0v) is 14.6. The molecule has 0 saturated carbocycles. The average Bonchev–Trinajstić information content (AvgIpc) is 2.62. The van der Waals surface area contributed by atoms with Crippen molar-refractivity contribution in [1.82, 2.24) is 19.9 Å². The van der Waals surface area contributed by atoms with E-state index in [4.69, 9.17) is 11.6 Å². The highest BCUT2D eigenvalue weighted by Gasteiger charge is 2.25. The van der Waals surface area contributed by atoms with E-state index in [0.717, 1.165) is 25.3 Å². The van der Waals surface area contributed by atoms with E-state index in [-0.39, 0.29) is 5.28 Å². The third-order valence-electron chi connectivity index (χ3n) is 4.25. The van der Waals surface area contributed by atoms with Crippen LogP contribution in [0.4, 0.5) is 11.6 Å². The maximum absolute atomic E-state index is 11.6. The van der Waals surface area contributed by atoms with E-state index in [0.29, 0.717) is 41.4 Å². The normalized spacial score (nSPS) is 19.2. The standard InChI is InChI=1S/C15H17ClN6OS/c16-15-19-12-11(14(20-15)22-6-8-24(23)9-7-22)17-10-18-13(12)21-4-2-1-3-5-21/h1-2,10H,3-9H2. The minimum atomic E-state index is -0.749. The lowest BCUT2D eigenvalue weighted by atomic mass is 10.2. The maximum atomic E-state index is 11.6. The van der Waals surface area contributed by atoms with Gasteiger partial charge in [0.1, 0.15) is 28.9 Å². The molecule has 0 bridgehead atoms. The summed E-state index contributed by atoms with van der Waals surface area (Å²) in [6, 6.07) is 0. The van der Waals surface area contributed by atoms with Crippen molar-refractivity contribution in [1.29, 1.82) is 0 Å². The molecule has 24 heavy (non-hydrogen) atoms. The zero-order chi connectivity index (χ0) is 16.5. The third kappa shape index (κ3) is 3.01. The average molecular weight is 365 g/mol. The molecule has 9 heteroatoms. The first-order chi connectivity index (χ1) is 11.7. The molecule has 0 amide bonds. The molecule has 2 aromatic heterocycles. The zero-order valence-electron chi connectivity index (χ0n) is 13.1. The van der Waals surface area contributed by atoms with Gasteiger partial charge in [0.05, 0.1) is 13.1 Å². The molecule has 4 rings (SSSR count). The Bertz CT molecular complexity index is 780. The first kappa shape index (κ1) is 15.9. The second kappa shape index (κ2) is 6.70. The van der Waals surface area contributed by atoms with Gasteiger partial charge in [0, 0.05) is 13.1 Å². The van der Waals surface area contributed by atoms with Crippen LogP contribution in [0.5, 0.6) is 0 Å². The Morgan fingerprint density at radius 2 is 1.79 bits per heavy atom. The topological polar surface area (TPSA) is 81.1 Å². The predicted molar refractivity (Wildman–Crippen MR) is 96.2 cm³/mol. The van der Waals surface area contributed by atoms with Crippen LogP contribution >= 0.6 is 11.6 Å². The van der Waals surface area contributed by atoms with Crippen molar-refractivity contribution in [2.24, 2.45) is 0 Å². The van der Waals surface area contributed by atoms with E-state index in [9.17, 15) is 4.55 Å². The molecule has 0 aliphatic carbocycles. The lowest BCUT2D eigenvalue weighted by Crippen LogP contribution is -2.41. The van der Waals surface area contributed by atoms with Gasteiger partial charge in [-0.2, -0.15) is 4.98 Å². The second-order valence-electron chi connectivity index (χ2n) is 5.75. The van der Waals surface area contributed by atoms with Gasteiger partial charge in [-0.15, -0.1) is 0 Å². The quantitative estimate of drug-likeness (QED) is 0.452. The maximum Gasteiger partial charge on any atom is 0.225 e. The molecular formula is C15H17ClN6OS. The van der Waals surface area contributed by atoms with E-state index < -0.39 is 11.2 Å². The van der Waals surface area contributed by atoms with Gasteiger partial charge >= 0.3 is 0 Å². The summed E-state index contributed by atoms with van der Waals surface area (Å²) in [6.07, 6.45) is 6.83. The van der Waals surface area contributed by atoms with E-state index in [1.54, 1.807) is 6.33 Å². The molecule has 4 heterocycles. The van der Waals surface area contributed by atoms with Crippen molar-refractivity contribution < 1.29 is 4.55 Å². The highest BCUT2D eigenvalue weighted by molar-refractivity contribution is 7.91. The summed E-state index contributed by atoms with van der Waals surface area (Å²) in [4.78, 5) is 21.9. The molecular weight excluding hydrogens is 348 g/mol. The first-order valence-electron chi connectivity index (χ1n) is 7.90. The van der Waals surface area contributed by atoms with Gasteiger partial charge in [-0.05, 0) is 18.0 Å². The van der Waals surface area contributed by atoms with Gasteiger partial charge in [0.25, 0.3) is 0 Å². The molecule has 2 aromatic rings. The number of fused-ring (bicyclic) bond motifs is 1. The lowest BCUT2D eigenvalue weighted by molar-refractivity contribution is 0.585. The van der Waals surface area contributed by atoms with Crippen molar-refractivity contribution in [3.63, 3.8) is 0 Å². The molecule has 0 N–H and O–H groups in total. The predicted octanol–water partition coefficient (Wildman–Crippen LogP) is 1.41. The molecule has 0 spiro atoms. The second-order valence-corrected chi connectivity index (χ2v) is 7.79. The van der Waals surface area contributed by atoms with Gasteiger partial charge in [0.2, 0.25) is 5.28 Å². The Kier molecular flexibility index (Phi) is 4.43. The number of hydrogen-bond acceptors (Lipinski definition) is 7. The van der Waals surface area contributed by atoms with Crippen molar-refractivity contribution >= 4 is 45.4 Å². The fourth-order valence-electron chi connectivity index (χ4n) is 3.03. The number of aromatic nitrogens is 4. The van der Waals surface area contributed by atoms with E-state index in [2.05, 4.69) is 41.9 Å². The Labute approximate surface area is 147 Å². The molecule has 2 aliphatic rings. The van der Waals surface area contributed by atoms with Crippen LogP contribution in [-0.2, 0) is 11.2 Å². The molecule has 0 radical (unpaired) electrons. The molecule has 0 unspecified atom stereocenters. The number of nitrogens with zero attached hydrogens (tertiary/aromatic N) is 6. The van der Waals surface area contributed by atoms with Crippen LogP contribution in [0, 0.1) is 0 Å². The van der Waals surface area contributed by atoms with E-state index in [1.807, 2.05) is 0 Å². The van der Waals surface area contributed by atoms with Crippen molar-refractivity contribution in [2.75, 3.05) is 47.5 Å². The van der Waals surface area contributed by atoms with Crippen LogP contribution in [-0.4, -0.2) is 62.2 Å². The summed E-state index contributed by atoms with van der Waals surface area (Å²) in [5.74, 6) is 2.77. The largest absolute Gasteiger partial charge is 0.616 e. The summed E-state index contributed by atoms with van der Waals surface area (Å²) in [5.41, 5.74) is 1.38. The van der Waals surface area contributed by atoms with Gasteiger partial charge in [0.15, 0.2) is 11.6 Å². The smallest absolute Gasteiger partial charge is 0.225 e. The summed E-state index contributed by atoms with van der Waals surface area (Å²) in [5, 5.41) is 0.188. The Morgan fingerprint density at radius 1 is 0.958 bits per heavy atom. The molecule has 0 atom stereocenters. The number of rotatable bonds is 2. The SMILES string of the molecule is [O-][S+]1CCN(c2nc(Cl)nc3c(N4CC=CCC4)ncnc23)CC1. The molecule has 126 valence electrons. The summed E-state index contributed by atoms with van der Waals surface area (Å²) < 4.78 is 11.6. The lowest BCUT2D eigenvalue weighted by Gasteiger charge is -2.30. The Morgan fingerprint density at radius 3 is 2.54 bits per heavy atom. The third-order valence-corrected chi connectivity index (χ3v) is 5.70. The van der Waals surface area contributed by atoms with Crippen LogP contribution < -0.4 is 9.80 Å². The highest BCUT2D eigenvalue weighted by atomic mass is 35.5. The summed E-state index contributed by atoms with van der Waals surface area (Å²) in [7, 11) is 0. The van der Waals surface area contributed by atoms with Crippen LogP contribution in [0.2, 0.25) is 5.28 Å². The van der Waals surface area contributed by atoms with Crippen molar-refractivity contribution in [3.8, 4) is 0 Å². The summed E-state index contributed by atoms with van der Waals surface area (Å²) in [6.45, 7) is 3.05. The van der Waals surface area contributed by atoms with Crippen LogP contribution in [0.3, 0.4) is 0 Å². The van der Waals surface area contributed by atoms with Gasteiger partial charge in [-0.1, -0.05) is 23.3 Å². The monoisotopic (exact) mass is 364 g/mol. The summed E-state index contributed by atoms with van der Waals surface area (Å²) >= 11 is 5.44. The minimum absolute atomic E-state index is 0.188. The molecule has 7 nitrogen and oxygen atoms in total. The highest BCUT2D eigenvalue weighted by Crippen LogP contribution is 2.30. The molecule has 1 saturated heterocycles. The number of hydrogen-bond donors (Lipinski definition) is 0. The molecule has 1 fully saturated rings.